The molecule has 1 atom stereocenters. The van der Waals surface area contributed by atoms with Gasteiger partial charge in [0, 0.05) is 24.3 Å². The molecule has 3 nitrogen and oxygen atoms in total. The molecule has 0 aliphatic heterocycles. The molecule has 0 radical (unpaired) electrons. The van der Waals surface area contributed by atoms with Crippen LogP contribution in [0.25, 0.3) is 11.1 Å². The fraction of sp³-hybridized carbons (Fsp3) is 0.400. The van der Waals surface area contributed by atoms with Crippen molar-refractivity contribution in [3.63, 3.8) is 0 Å². The fourth-order valence-corrected chi connectivity index (χ4v) is 2.81. The quantitative estimate of drug-likeness (QED) is 0.898. The summed E-state index contributed by atoms with van der Waals surface area (Å²) in [6.07, 6.45) is 7.37. The van der Waals surface area contributed by atoms with E-state index >= 15 is 0 Å². The van der Waals surface area contributed by atoms with E-state index in [0.717, 1.165) is 25.8 Å². The number of nitrogens with zero attached hydrogens (tertiary/aromatic N) is 2. The average molecular weight is 241 g/mol. The summed E-state index contributed by atoms with van der Waals surface area (Å²) in [5.41, 5.74) is 11.4. The number of rotatable bonds is 3. The van der Waals surface area contributed by atoms with Gasteiger partial charge in [0.1, 0.15) is 0 Å². The van der Waals surface area contributed by atoms with Gasteiger partial charge in [-0.3, -0.25) is 4.68 Å². The van der Waals surface area contributed by atoms with E-state index in [9.17, 15) is 0 Å². The lowest BCUT2D eigenvalue weighted by molar-refractivity contribution is 0.603. The zero-order valence-corrected chi connectivity index (χ0v) is 10.8. The topological polar surface area (TPSA) is 43.8 Å². The SMILES string of the molecule is CCCn1cc(-c2cccc3c2CCC3N)cn1. The van der Waals surface area contributed by atoms with Gasteiger partial charge in [0.25, 0.3) is 0 Å². The van der Waals surface area contributed by atoms with Crippen LogP contribution in [0, 0.1) is 0 Å². The van der Waals surface area contributed by atoms with Crippen molar-refractivity contribution >= 4 is 0 Å². The number of aromatic nitrogens is 2. The molecule has 0 saturated heterocycles. The van der Waals surface area contributed by atoms with Crippen molar-refractivity contribution in [1.29, 1.82) is 0 Å². The van der Waals surface area contributed by atoms with Gasteiger partial charge in [-0.25, -0.2) is 0 Å². The number of nitrogens with two attached hydrogens (primary N) is 1. The Bertz CT molecular complexity index is 557. The monoisotopic (exact) mass is 241 g/mol. The molecule has 2 N–H and O–H groups in total. The maximum atomic E-state index is 6.13. The van der Waals surface area contributed by atoms with Crippen molar-refractivity contribution in [3.05, 3.63) is 41.7 Å². The molecule has 1 aliphatic carbocycles. The van der Waals surface area contributed by atoms with E-state index in [2.05, 4.69) is 36.4 Å². The van der Waals surface area contributed by atoms with E-state index in [1.54, 1.807) is 0 Å². The second-order valence-corrected chi connectivity index (χ2v) is 5.01. The van der Waals surface area contributed by atoms with Crippen LogP contribution in [0.5, 0.6) is 0 Å². The van der Waals surface area contributed by atoms with E-state index in [4.69, 9.17) is 5.73 Å². The van der Waals surface area contributed by atoms with Crippen molar-refractivity contribution in [2.45, 2.75) is 38.8 Å². The molecule has 1 unspecified atom stereocenters. The van der Waals surface area contributed by atoms with Gasteiger partial charge < -0.3 is 5.73 Å². The summed E-state index contributed by atoms with van der Waals surface area (Å²) in [5.74, 6) is 0. The number of hydrogen-bond acceptors (Lipinski definition) is 2. The first-order valence-electron chi connectivity index (χ1n) is 6.69. The summed E-state index contributed by atoms with van der Waals surface area (Å²) in [5, 5.41) is 4.41. The Labute approximate surface area is 108 Å². The van der Waals surface area contributed by atoms with Crippen LogP contribution in [0.3, 0.4) is 0 Å². The van der Waals surface area contributed by atoms with E-state index in [1.165, 1.54) is 22.3 Å². The Morgan fingerprint density at radius 1 is 1.44 bits per heavy atom. The highest BCUT2D eigenvalue weighted by Gasteiger charge is 2.22. The molecule has 3 heteroatoms. The predicted molar refractivity (Wildman–Crippen MR) is 73.2 cm³/mol. The number of benzene rings is 1. The zero-order chi connectivity index (χ0) is 12.5. The van der Waals surface area contributed by atoms with Crippen LogP contribution in [-0.2, 0) is 13.0 Å². The fourth-order valence-electron chi connectivity index (χ4n) is 2.81. The highest BCUT2D eigenvalue weighted by atomic mass is 15.3. The highest BCUT2D eigenvalue weighted by molar-refractivity contribution is 5.68. The minimum atomic E-state index is 0.214. The van der Waals surface area contributed by atoms with Crippen molar-refractivity contribution in [3.8, 4) is 11.1 Å². The third-order valence-electron chi connectivity index (χ3n) is 3.71. The first-order chi connectivity index (χ1) is 8.79. The Hall–Kier alpha value is -1.61. The Balaban J connectivity index is 2.01. The Morgan fingerprint density at radius 2 is 2.33 bits per heavy atom. The van der Waals surface area contributed by atoms with Gasteiger partial charge in [-0.1, -0.05) is 25.1 Å². The number of fused-ring (bicyclic) bond motifs is 1. The summed E-state index contributed by atoms with van der Waals surface area (Å²) in [6, 6.07) is 6.67. The van der Waals surface area contributed by atoms with E-state index in [-0.39, 0.29) is 6.04 Å². The molecule has 0 spiro atoms. The van der Waals surface area contributed by atoms with E-state index < -0.39 is 0 Å². The maximum Gasteiger partial charge on any atom is 0.0568 e. The second kappa shape index (κ2) is 4.58. The molecule has 0 bridgehead atoms. The standard InChI is InChI=1S/C15H19N3/c1-2-8-18-10-11(9-17-18)12-4-3-5-14-13(12)6-7-15(14)16/h3-5,9-10,15H,2,6-8,16H2,1H3. The van der Waals surface area contributed by atoms with Gasteiger partial charge >= 0.3 is 0 Å². The maximum absolute atomic E-state index is 6.13. The van der Waals surface area contributed by atoms with Crippen molar-refractivity contribution in [2.75, 3.05) is 0 Å². The second-order valence-electron chi connectivity index (χ2n) is 5.01. The summed E-state index contributed by atoms with van der Waals surface area (Å²) in [4.78, 5) is 0. The molecule has 2 aromatic rings. The number of aryl methyl sites for hydroxylation is 1. The summed E-state index contributed by atoms with van der Waals surface area (Å²) < 4.78 is 2.02. The molecule has 3 rings (SSSR count). The molecule has 18 heavy (non-hydrogen) atoms. The lowest BCUT2D eigenvalue weighted by Gasteiger charge is -2.08. The lowest BCUT2D eigenvalue weighted by atomic mass is 9.99. The molecular weight excluding hydrogens is 222 g/mol. The molecule has 0 amide bonds. The molecule has 1 aromatic heterocycles. The summed E-state index contributed by atoms with van der Waals surface area (Å²) in [6.45, 7) is 3.15. The van der Waals surface area contributed by atoms with Crippen molar-refractivity contribution in [1.82, 2.24) is 9.78 Å². The third-order valence-corrected chi connectivity index (χ3v) is 3.71. The van der Waals surface area contributed by atoms with Crippen LogP contribution in [0.4, 0.5) is 0 Å². The highest BCUT2D eigenvalue weighted by Crippen LogP contribution is 2.36. The summed E-state index contributed by atoms with van der Waals surface area (Å²) in [7, 11) is 0. The minimum absolute atomic E-state index is 0.214. The Morgan fingerprint density at radius 3 is 3.17 bits per heavy atom. The van der Waals surface area contributed by atoms with Crippen LogP contribution in [0.1, 0.15) is 36.9 Å². The molecule has 1 aliphatic rings. The van der Waals surface area contributed by atoms with Crippen LogP contribution in [0.15, 0.2) is 30.6 Å². The third kappa shape index (κ3) is 1.85. The average Bonchev–Trinajstić information content (AvgIpc) is 2.98. The van der Waals surface area contributed by atoms with Crippen molar-refractivity contribution < 1.29 is 0 Å². The molecule has 1 aromatic carbocycles. The zero-order valence-electron chi connectivity index (χ0n) is 10.8. The molecule has 0 fully saturated rings. The molecule has 1 heterocycles. The van der Waals surface area contributed by atoms with Gasteiger partial charge in [-0.2, -0.15) is 5.10 Å². The lowest BCUT2D eigenvalue weighted by Crippen LogP contribution is -2.04. The van der Waals surface area contributed by atoms with Gasteiger partial charge in [-0.05, 0) is 36.0 Å². The van der Waals surface area contributed by atoms with Crippen LogP contribution >= 0.6 is 0 Å². The first-order valence-corrected chi connectivity index (χ1v) is 6.69. The smallest absolute Gasteiger partial charge is 0.0568 e. The summed E-state index contributed by atoms with van der Waals surface area (Å²) >= 11 is 0. The molecule has 0 saturated carbocycles. The van der Waals surface area contributed by atoms with Gasteiger partial charge in [0.05, 0.1) is 6.20 Å². The first kappa shape index (κ1) is 11.5. The van der Waals surface area contributed by atoms with Crippen LogP contribution < -0.4 is 5.73 Å². The number of hydrogen-bond donors (Lipinski definition) is 1. The largest absolute Gasteiger partial charge is 0.324 e. The van der Waals surface area contributed by atoms with E-state index in [1.807, 2.05) is 10.9 Å². The van der Waals surface area contributed by atoms with Gasteiger partial charge in [-0.15, -0.1) is 0 Å². The minimum Gasteiger partial charge on any atom is -0.324 e. The Kier molecular flexibility index (Phi) is 2.92. The molecule has 94 valence electrons. The molecular formula is C15H19N3. The predicted octanol–water partition coefficient (Wildman–Crippen LogP) is 2.91. The van der Waals surface area contributed by atoms with Crippen LogP contribution in [-0.4, -0.2) is 9.78 Å². The van der Waals surface area contributed by atoms with Crippen molar-refractivity contribution in [2.24, 2.45) is 5.73 Å². The van der Waals surface area contributed by atoms with Crippen LogP contribution in [0.2, 0.25) is 0 Å². The normalized spacial score (nSPS) is 18.0. The van der Waals surface area contributed by atoms with Gasteiger partial charge in [0.15, 0.2) is 0 Å². The van der Waals surface area contributed by atoms with E-state index in [0.29, 0.717) is 0 Å². The van der Waals surface area contributed by atoms with Gasteiger partial charge in [0.2, 0.25) is 0 Å².